The lowest BCUT2D eigenvalue weighted by Crippen LogP contribution is -2.12. The lowest BCUT2D eigenvalue weighted by molar-refractivity contribution is 0.0979. The minimum absolute atomic E-state index is 0.279. The van der Waals surface area contributed by atoms with Crippen LogP contribution in [0, 0.1) is 25.2 Å². The smallest absolute Gasteiger partial charge is 0.185 e. The van der Waals surface area contributed by atoms with E-state index in [2.05, 4.69) is 22.0 Å². The summed E-state index contributed by atoms with van der Waals surface area (Å²) in [6, 6.07) is 12.7. The second-order valence-corrected chi connectivity index (χ2v) is 6.22. The molecule has 2 nitrogen and oxygen atoms in total. The van der Waals surface area contributed by atoms with Crippen LogP contribution in [0.15, 0.2) is 40.9 Å². The molecular weight excluding hydrogens is 350 g/mol. The fourth-order valence-corrected chi connectivity index (χ4v) is 2.84. The molecule has 0 N–H and O–H groups in total. The molecule has 0 amide bonds. The Kier molecular flexibility index (Phi) is 4.82. The maximum atomic E-state index is 12.6. The second-order valence-electron chi connectivity index (χ2n) is 4.89. The van der Waals surface area contributed by atoms with Gasteiger partial charge in [0.2, 0.25) is 0 Å². The topological polar surface area (TPSA) is 40.9 Å². The maximum Gasteiger partial charge on any atom is 0.185 e. The Hall–Kier alpha value is -1.63. The van der Waals surface area contributed by atoms with Crippen molar-refractivity contribution in [2.24, 2.45) is 0 Å². The first-order chi connectivity index (χ1) is 9.93. The first-order valence-electron chi connectivity index (χ1n) is 6.40. The molecule has 0 aliphatic rings. The van der Waals surface area contributed by atoms with E-state index in [0.717, 1.165) is 15.6 Å². The van der Waals surface area contributed by atoms with Crippen LogP contribution in [0.1, 0.15) is 33.0 Å². The van der Waals surface area contributed by atoms with Gasteiger partial charge in [0.15, 0.2) is 5.78 Å². The number of rotatable bonds is 3. The number of carbonyl (C=O) groups excluding carboxylic acids is 1. The minimum Gasteiger partial charge on any atom is -0.292 e. The number of carbonyl (C=O) groups is 1. The summed E-state index contributed by atoms with van der Waals surface area (Å²) < 4.78 is 0.795. The third kappa shape index (κ3) is 3.34. The Labute approximate surface area is 137 Å². The average Bonchev–Trinajstić information content (AvgIpc) is 2.43. The van der Waals surface area contributed by atoms with Crippen LogP contribution >= 0.6 is 27.5 Å². The van der Waals surface area contributed by atoms with Crippen LogP contribution < -0.4 is 0 Å². The van der Waals surface area contributed by atoms with Crippen LogP contribution in [-0.2, 0) is 0 Å². The van der Waals surface area contributed by atoms with E-state index in [9.17, 15) is 10.1 Å². The van der Waals surface area contributed by atoms with Gasteiger partial charge in [-0.3, -0.25) is 4.79 Å². The summed E-state index contributed by atoms with van der Waals surface area (Å²) in [6.07, 6.45) is 0. The van der Waals surface area contributed by atoms with Crippen molar-refractivity contribution in [3.63, 3.8) is 0 Å². The van der Waals surface area contributed by atoms with Crippen molar-refractivity contribution >= 4 is 33.3 Å². The predicted molar refractivity (Wildman–Crippen MR) is 87.8 cm³/mol. The van der Waals surface area contributed by atoms with Crippen LogP contribution in [0.25, 0.3) is 0 Å². The summed E-state index contributed by atoms with van der Waals surface area (Å²) in [7, 11) is 0. The van der Waals surface area contributed by atoms with E-state index < -0.39 is 5.92 Å². The zero-order chi connectivity index (χ0) is 15.6. The summed E-state index contributed by atoms with van der Waals surface area (Å²) in [4.78, 5) is 12.6. The van der Waals surface area contributed by atoms with Crippen molar-refractivity contribution in [2.75, 3.05) is 0 Å². The van der Waals surface area contributed by atoms with Gasteiger partial charge in [-0.2, -0.15) is 5.26 Å². The molecule has 2 aromatic carbocycles. The number of hydrogen-bond acceptors (Lipinski definition) is 2. The predicted octanol–water partition coefficient (Wildman–Crippen LogP) is 5.21. The van der Waals surface area contributed by atoms with Gasteiger partial charge < -0.3 is 0 Å². The van der Waals surface area contributed by atoms with Gasteiger partial charge in [-0.15, -0.1) is 0 Å². The first-order valence-corrected chi connectivity index (χ1v) is 7.57. The summed E-state index contributed by atoms with van der Waals surface area (Å²) in [5.74, 6) is -1.12. The fourth-order valence-electron chi connectivity index (χ4n) is 2.07. The Morgan fingerprint density at radius 3 is 2.48 bits per heavy atom. The second kappa shape index (κ2) is 6.43. The molecule has 0 fully saturated rings. The SMILES string of the molecule is Cc1ccc(C(C#N)C(=O)c2ccc(Br)cc2Cl)cc1C. The number of ketones is 1. The number of nitriles is 1. The van der Waals surface area contributed by atoms with E-state index in [4.69, 9.17) is 11.6 Å². The van der Waals surface area contributed by atoms with Gasteiger partial charge in [0, 0.05) is 10.0 Å². The molecule has 0 aliphatic heterocycles. The molecular formula is C17H13BrClNO. The maximum absolute atomic E-state index is 12.6. The van der Waals surface area contributed by atoms with Gasteiger partial charge >= 0.3 is 0 Å². The third-order valence-electron chi connectivity index (χ3n) is 3.45. The normalized spacial score (nSPS) is 11.8. The van der Waals surface area contributed by atoms with Crippen LogP contribution in [0.3, 0.4) is 0 Å². The molecule has 0 radical (unpaired) electrons. The van der Waals surface area contributed by atoms with E-state index in [1.54, 1.807) is 18.2 Å². The van der Waals surface area contributed by atoms with Gasteiger partial charge in [0.1, 0.15) is 5.92 Å². The highest BCUT2D eigenvalue weighted by Crippen LogP contribution is 2.28. The molecule has 2 aromatic rings. The van der Waals surface area contributed by atoms with Crippen molar-refractivity contribution in [3.8, 4) is 6.07 Å². The molecule has 21 heavy (non-hydrogen) atoms. The number of nitrogens with zero attached hydrogens (tertiary/aromatic N) is 1. The van der Waals surface area contributed by atoms with Crippen LogP contribution in [0.5, 0.6) is 0 Å². The number of halogens is 2. The monoisotopic (exact) mass is 361 g/mol. The molecule has 0 aromatic heterocycles. The zero-order valence-electron chi connectivity index (χ0n) is 11.7. The largest absolute Gasteiger partial charge is 0.292 e. The van der Waals surface area contributed by atoms with E-state index in [0.29, 0.717) is 16.1 Å². The van der Waals surface area contributed by atoms with Crippen LogP contribution in [-0.4, -0.2) is 5.78 Å². The van der Waals surface area contributed by atoms with Crippen molar-refractivity contribution in [2.45, 2.75) is 19.8 Å². The number of Topliss-reactive ketones (excluding diaryl/α,β-unsaturated/α-hetero) is 1. The summed E-state index contributed by atoms with van der Waals surface area (Å²) in [6.45, 7) is 3.96. The number of aryl methyl sites for hydroxylation is 2. The highest BCUT2D eigenvalue weighted by molar-refractivity contribution is 9.10. The molecule has 2 rings (SSSR count). The van der Waals surface area contributed by atoms with E-state index in [-0.39, 0.29) is 5.78 Å². The van der Waals surface area contributed by atoms with E-state index in [1.807, 2.05) is 32.0 Å². The lowest BCUT2D eigenvalue weighted by Gasteiger charge is -2.12. The highest BCUT2D eigenvalue weighted by Gasteiger charge is 2.24. The molecule has 106 valence electrons. The fraction of sp³-hybridized carbons (Fsp3) is 0.176. The highest BCUT2D eigenvalue weighted by atomic mass is 79.9. The van der Waals surface area contributed by atoms with Gasteiger partial charge in [-0.25, -0.2) is 0 Å². The third-order valence-corrected chi connectivity index (χ3v) is 4.26. The molecule has 0 bridgehead atoms. The summed E-state index contributed by atoms with van der Waals surface area (Å²) >= 11 is 9.41. The molecule has 0 spiro atoms. The molecule has 1 atom stereocenters. The van der Waals surface area contributed by atoms with E-state index >= 15 is 0 Å². The minimum atomic E-state index is -0.844. The molecule has 0 aliphatic carbocycles. The van der Waals surface area contributed by atoms with Gasteiger partial charge in [-0.05, 0) is 48.7 Å². The van der Waals surface area contributed by atoms with Crippen molar-refractivity contribution in [1.82, 2.24) is 0 Å². The van der Waals surface area contributed by atoms with Gasteiger partial charge in [0.05, 0.1) is 11.1 Å². The molecule has 0 saturated carbocycles. The van der Waals surface area contributed by atoms with Crippen LogP contribution in [0.4, 0.5) is 0 Å². The Morgan fingerprint density at radius 1 is 1.19 bits per heavy atom. The van der Waals surface area contributed by atoms with E-state index in [1.165, 1.54) is 0 Å². The lowest BCUT2D eigenvalue weighted by atomic mass is 9.90. The molecule has 4 heteroatoms. The average molecular weight is 363 g/mol. The number of hydrogen-bond donors (Lipinski definition) is 0. The Morgan fingerprint density at radius 2 is 1.90 bits per heavy atom. The standard InChI is InChI=1S/C17H13BrClNO/c1-10-3-4-12(7-11(10)2)15(9-20)17(21)14-6-5-13(18)8-16(14)19/h3-8,15H,1-2H3. The zero-order valence-corrected chi connectivity index (χ0v) is 14.0. The Balaban J connectivity index is 2.43. The first kappa shape index (κ1) is 15.8. The quantitative estimate of drug-likeness (QED) is 0.703. The summed E-state index contributed by atoms with van der Waals surface area (Å²) in [5.41, 5.74) is 3.25. The van der Waals surface area contributed by atoms with Crippen molar-refractivity contribution in [1.29, 1.82) is 5.26 Å². The molecule has 0 heterocycles. The van der Waals surface area contributed by atoms with Crippen molar-refractivity contribution in [3.05, 3.63) is 68.1 Å². The molecule has 1 unspecified atom stereocenters. The van der Waals surface area contributed by atoms with Gasteiger partial charge in [-0.1, -0.05) is 45.7 Å². The Bertz CT molecular complexity index is 749. The summed E-state index contributed by atoms with van der Waals surface area (Å²) in [5, 5.41) is 9.74. The van der Waals surface area contributed by atoms with Crippen LogP contribution in [0.2, 0.25) is 5.02 Å². The van der Waals surface area contributed by atoms with Crippen molar-refractivity contribution < 1.29 is 4.79 Å². The van der Waals surface area contributed by atoms with Gasteiger partial charge in [0.25, 0.3) is 0 Å². The number of benzene rings is 2. The molecule has 0 saturated heterocycles.